The van der Waals surface area contributed by atoms with Crippen molar-refractivity contribution in [3.05, 3.63) is 12.7 Å². The van der Waals surface area contributed by atoms with Crippen LogP contribution >= 0.6 is 0 Å². The Morgan fingerprint density at radius 2 is 2.00 bits per heavy atom. The molecular weight excluding hydrogens is 108 g/mol. The van der Waals surface area contributed by atoms with Crippen molar-refractivity contribution >= 4 is 0 Å². The lowest BCUT2D eigenvalue weighted by molar-refractivity contribution is 0.377. The van der Waals surface area contributed by atoms with Gasteiger partial charge in [-0.25, -0.2) is 0 Å². The van der Waals surface area contributed by atoms with E-state index in [2.05, 4.69) is 27.4 Å². The first-order chi connectivity index (χ1) is 4.22. The van der Waals surface area contributed by atoms with E-state index in [1.54, 1.807) is 0 Å². The van der Waals surface area contributed by atoms with Crippen molar-refractivity contribution in [3.8, 4) is 0 Å². The molecule has 54 valence electrons. The molecule has 0 aliphatic rings. The zero-order chi connectivity index (χ0) is 7.28. The quantitative estimate of drug-likeness (QED) is 0.507. The molecule has 0 saturated carbocycles. The van der Waals surface area contributed by atoms with Gasteiger partial charge in [0.1, 0.15) is 0 Å². The minimum atomic E-state index is 0.813. The van der Waals surface area contributed by atoms with E-state index in [1.807, 2.05) is 6.08 Å². The van der Waals surface area contributed by atoms with Gasteiger partial charge in [0, 0.05) is 0 Å². The molecule has 0 heteroatoms. The van der Waals surface area contributed by atoms with E-state index in [1.165, 1.54) is 12.8 Å². The highest BCUT2D eigenvalue weighted by atomic mass is 14.1. The maximum absolute atomic E-state index is 3.73. The molecule has 0 unspecified atom stereocenters. The second kappa shape index (κ2) is 4.60. The van der Waals surface area contributed by atoms with Crippen LogP contribution in [0.3, 0.4) is 0 Å². The van der Waals surface area contributed by atoms with Crippen LogP contribution in [-0.2, 0) is 0 Å². The summed E-state index contributed by atoms with van der Waals surface area (Å²) in [5.41, 5.74) is 0. The van der Waals surface area contributed by atoms with Crippen molar-refractivity contribution in [2.45, 2.75) is 33.6 Å². The molecule has 0 aliphatic heterocycles. The SMILES string of the molecule is C=CC[C@@H](CC)C(C)C. The van der Waals surface area contributed by atoms with Crippen molar-refractivity contribution in [2.24, 2.45) is 11.8 Å². The third-order valence-electron chi connectivity index (χ3n) is 1.94. The third-order valence-corrected chi connectivity index (χ3v) is 1.94. The second-order valence-electron chi connectivity index (χ2n) is 2.94. The molecule has 9 heavy (non-hydrogen) atoms. The molecule has 0 nitrogen and oxygen atoms in total. The van der Waals surface area contributed by atoms with Crippen LogP contribution in [0.1, 0.15) is 33.6 Å². The lowest BCUT2D eigenvalue weighted by Crippen LogP contribution is -2.05. The van der Waals surface area contributed by atoms with E-state index in [0.717, 1.165) is 11.8 Å². The number of rotatable bonds is 4. The molecule has 0 saturated heterocycles. The topological polar surface area (TPSA) is 0 Å². The predicted molar refractivity (Wildman–Crippen MR) is 43.4 cm³/mol. The van der Waals surface area contributed by atoms with Gasteiger partial charge in [-0.2, -0.15) is 0 Å². The fourth-order valence-corrected chi connectivity index (χ4v) is 1.12. The smallest absolute Gasteiger partial charge is 0.0323 e. The third kappa shape index (κ3) is 3.34. The van der Waals surface area contributed by atoms with Gasteiger partial charge in [0.05, 0.1) is 0 Å². The summed E-state index contributed by atoms with van der Waals surface area (Å²) in [4.78, 5) is 0. The van der Waals surface area contributed by atoms with Gasteiger partial charge in [-0.3, -0.25) is 0 Å². The Labute approximate surface area is 59.0 Å². The standard InChI is InChI=1S/C9H18/c1-5-7-9(6-2)8(3)4/h5,8-9H,1,6-7H2,2-4H3/t9-/m1/s1. The highest BCUT2D eigenvalue weighted by Gasteiger charge is 2.07. The molecule has 0 radical (unpaired) electrons. The van der Waals surface area contributed by atoms with Crippen LogP contribution in [0.5, 0.6) is 0 Å². The zero-order valence-corrected chi connectivity index (χ0v) is 6.85. The molecule has 0 rings (SSSR count). The van der Waals surface area contributed by atoms with Gasteiger partial charge in [-0.05, 0) is 18.3 Å². The summed E-state index contributed by atoms with van der Waals surface area (Å²) in [6.45, 7) is 10.5. The van der Waals surface area contributed by atoms with Crippen molar-refractivity contribution in [1.82, 2.24) is 0 Å². The van der Waals surface area contributed by atoms with Gasteiger partial charge < -0.3 is 0 Å². The summed E-state index contributed by atoms with van der Waals surface area (Å²) in [6, 6.07) is 0. The van der Waals surface area contributed by atoms with Crippen molar-refractivity contribution in [3.63, 3.8) is 0 Å². The number of hydrogen-bond donors (Lipinski definition) is 0. The molecular formula is C9H18. The molecule has 0 aromatic carbocycles. The fraction of sp³-hybridized carbons (Fsp3) is 0.778. The highest BCUT2D eigenvalue weighted by molar-refractivity contribution is 4.73. The van der Waals surface area contributed by atoms with E-state index in [4.69, 9.17) is 0 Å². The molecule has 0 bridgehead atoms. The van der Waals surface area contributed by atoms with E-state index in [9.17, 15) is 0 Å². The van der Waals surface area contributed by atoms with E-state index in [0.29, 0.717) is 0 Å². The van der Waals surface area contributed by atoms with Crippen molar-refractivity contribution in [2.75, 3.05) is 0 Å². The van der Waals surface area contributed by atoms with Gasteiger partial charge in [0.25, 0.3) is 0 Å². The zero-order valence-electron chi connectivity index (χ0n) is 6.85. The van der Waals surface area contributed by atoms with Crippen LogP contribution < -0.4 is 0 Å². The molecule has 0 amide bonds. The summed E-state index contributed by atoms with van der Waals surface area (Å²) in [5.74, 6) is 1.66. The first-order valence-electron chi connectivity index (χ1n) is 3.83. The predicted octanol–water partition coefficient (Wildman–Crippen LogP) is 3.24. The molecule has 0 aliphatic carbocycles. The first kappa shape index (κ1) is 8.74. The summed E-state index contributed by atoms with van der Waals surface area (Å²) in [7, 11) is 0. The Bertz CT molecular complexity index is 72.1. The van der Waals surface area contributed by atoms with Crippen LogP contribution in [0.25, 0.3) is 0 Å². The van der Waals surface area contributed by atoms with Gasteiger partial charge in [-0.15, -0.1) is 6.58 Å². The maximum Gasteiger partial charge on any atom is -0.0323 e. The second-order valence-corrected chi connectivity index (χ2v) is 2.94. The summed E-state index contributed by atoms with van der Waals surface area (Å²) in [5, 5.41) is 0. The molecule has 0 aromatic heterocycles. The Hall–Kier alpha value is -0.260. The van der Waals surface area contributed by atoms with Crippen LogP contribution in [-0.4, -0.2) is 0 Å². The average molecular weight is 126 g/mol. The minimum absolute atomic E-state index is 0.813. The fourth-order valence-electron chi connectivity index (χ4n) is 1.12. The summed E-state index contributed by atoms with van der Waals surface area (Å²) < 4.78 is 0. The lowest BCUT2D eigenvalue weighted by atomic mass is 9.90. The van der Waals surface area contributed by atoms with Crippen LogP contribution in [0, 0.1) is 11.8 Å². The molecule has 0 fully saturated rings. The normalized spacial score (nSPS) is 13.8. The number of hydrogen-bond acceptors (Lipinski definition) is 0. The van der Waals surface area contributed by atoms with Crippen molar-refractivity contribution in [1.29, 1.82) is 0 Å². The molecule has 0 heterocycles. The average Bonchev–Trinajstić information content (AvgIpc) is 1.82. The Balaban J connectivity index is 3.53. The molecule has 0 spiro atoms. The maximum atomic E-state index is 3.73. The van der Waals surface area contributed by atoms with Gasteiger partial charge >= 0.3 is 0 Å². The Morgan fingerprint density at radius 3 is 2.11 bits per heavy atom. The molecule has 0 aromatic rings. The van der Waals surface area contributed by atoms with Crippen LogP contribution in [0.4, 0.5) is 0 Å². The summed E-state index contributed by atoms with van der Waals surface area (Å²) >= 11 is 0. The van der Waals surface area contributed by atoms with E-state index >= 15 is 0 Å². The largest absolute Gasteiger partial charge is 0.103 e. The monoisotopic (exact) mass is 126 g/mol. The van der Waals surface area contributed by atoms with Gasteiger partial charge in [0.15, 0.2) is 0 Å². The lowest BCUT2D eigenvalue weighted by Gasteiger charge is -2.15. The van der Waals surface area contributed by atoms with E-state index < -0.39 is 0 Å². The van der Waals surface area contributed by atoms with Crippen molar-refractivity contribution < 1.29 is 0 Å². The Kier molecular flexibility index (Phi) is 4.47. The van der Waals surface area contributed by atoms with Gasteiger partial charge in [0.2, 0.25) is 0 Å². The Morgan fingerprint density at radius 1 is 1.44 bits per heavy atom. The van der Waals surface area contributed by atoms with Crippen LogP contribution in [0.15, 0.2) is 12.7 Å². The van der Waals surface area contributed by atoms with Crippen LogP contribution in [0.2, 0.25) is 0 Å². The van der Waals surface area contributed by atoms with E-state index in [-0.39, 0.29) is 0 Å². The molecule has 1 atom stereocenters. The number of allylic oxidation sites excluding steroid dienone is 1. The first-order valence-corrected chi connectivity index (χ1v) is 3.83. The highest BCUT2D eigenvalue weighted by Crippen LogP contribution is 2.18. The van der Waals surface area contributed by atoms with Gasteiger partial charge in [-0.1, -0.05) is 33.3 Å². The minimum Gasteiger partial charge on any atom is -0.103 e. The molecule has 0 N–H and O–H groups in total. The summed E-state index contributed by atoms with van der Waals surface area (Å²) in [6.07, 6.45) is 4.48.